The normalized spacial score (nSPS) is 11.0. The van der Waals surface area contributed by atoms with Gasteiger partial charge in [-0.15, -0.1) is 0 Å². The lowest BCUT2D eigenvalue weighted by Crippen LogP contribution is -2.26. The highest BCUT2D eigenvalue weighted by Crippen LogP contribution is 2.01. The summed E-state index contributed by atoms with van der Waals surface area (Å²) in [5, 5.41) is 40.2. The average molecular weight is 182 g/mol. The number of aliphatic hydroxyl groups excluding tert-OH is 1. The van der Waals surface area contributed by atoms with E-state index >= 15 is 0 Å². The summed E-state index contributed by atoms with van der Waals surface area (Å²) in [4.78, 5) is 0. The SMILES string of the molecule is CCC(O)O.CCCC(O)(O)O. The minimum absolute atomic E-state index is 0.00694. The molecule has 0 aromatic rings. The van der Waals surface area contributed by atoms with Crippen molar-refractivity contribution in [2.45, 2.75) is 45.4 Å². The third-order valence-corrected chi connectivity index (χ3v) is 0.951. The van der Waals surface area contributed by atoms with Crippen LogP contribution in [0.4, 0.5) is 0 Å². The average Bonchev–Trinajstić information content (AvgIpc) is 1.86. The molecule has 12 heavy (non-hydrogen) atoms. The maximum atomic E-state index is 8.13. The zero-order valence-corrected chi connectivity index (χ0v) is 7.43. The minimum atomic E-state index is -2.45. The van der Waals surface area contributed by atoms with Gasteiger partial charge in [-0.05, 0) is 12.8 Å². The third kappa shape index (κ3) is 22.6. The Morgan fingerprint density at radius 2 is 1.42 bits per heavy atom. The van der Waals surface area contributed by atoms with Crippen molar-refractivity contribution >= 4 is 0 Å². The smallest absolute Gasteiger partial charge is 0.275 e. The fourth-order valence-electron chi connectivity index (χ4n) is 0.335. The van der Waals surface area contributed by atoms with Gasteiger partial charge in [-0.2, -0.15) is 0 Å². The van der Waals surface area contributed by atoms with Crippen LogP contribution >= 0.6 is 0 Å². The van der Waals surface area contributed by atoms with Crippen molar-refractivity contribution in [3.8, 4) is 0 Å². The lowest BCUT2D eigenvalue weighted by atomic mass is 10.3. The van der Waals surface area contributed by atoms with Crippen LogP contribution in [0.3, 0.4) is 0 Å². The fourth-order valence-corrected chi connectivity index (χ4v) is 0.335. The van der Waals surface area contributed by atoms with E-state index in [1.165, 1.54) is 0 Å². The Balaban J connectivity index is 0. The zero-order valence-electron chi connectivity index (χ0n) is 7.43. The molecule has 0 spiro atoms. The highest BCUT2D eigenvalue weighted by atomic mass is 16.7. The van der Waals surface area contributed by atoms with E-state index in [1.807, 2.05) is 0 Å². The molecule has 0 aliphatic carbocycles. The third-order valence-electron chi connectivity index (χ3n) is 0.951. The van der Waals surface area contributed by atoms with Gasteiger partial charge in [0.25, 0.3) is 5.97 Å². The van der Waals surface area contributed by atoms with E-state index in [0.29, 0.717) is 12.8 Å². The molecule has 5 heteroatoms. The summed E-state index contributed by atoms with van der Waals surface area (Å²) < 4.78 is 0. The molecule has 0 saturated carbocycles. The zero-order chi connectivity index (χ0) is 10.2. The number of hydrogen-bond donors (Lipinski definition) is 5. The van der Waals surface area contributed by atoms with E-state index < -0.39 is 12.3 Å². The van der Waals surface area contributed by atoms with Crippen LogP contribution < -0.4 is 0 Å². The molecule has 0 saturated heterocycles. The molecule has 5 N–H and O–H groups in total. The quantitative estimate of drug-likeness (QED) is 0.365. The molecule has 5 nitrogen and oxygen atoms in total. The second-order valence-corrected chi connectivity index (χ2v) is 2.41. The van der Waals surface area contributed by atoms with Crippen LogP contribution in [-0.4, -0.2) is 37.8 Å². The lowest BCUT2D eigenvalue weighted by Gasteiger charge is -2.10. The first-order chi connectivity index (χ1) is 5.33. The van der Waals surface area contributed by atoms with Crippen molar-refractivity contribution in [2.24, 2.45) is 0 Å². The summed E-state index contributed by atoms with van der Waals surface area (Å²) in [6, 6.07) is 0. The molecule has 0 amide bonds. The predicted molar refractivity (Wildman–Crippen MR) is 42.8 cm³/mol. The van der Waals surface area contributed by atoms with Gasteiger partial charge >= 0.3 is 0 Å². The summed E-state index contributed by atoms with van der Waals surface area (Å²) in [7, 11) is 0. The molecule has 0 aromatic carbocycles. The Hall–Kier alpha value is -0.200. The molecule has 0 bridgehead atoms. The molecule has 0 unspecified atom stereocenters. The fraction of sp³-hybridized carbons (Fsp3) is 1.00. The topological polar surface area (TPSA) is 101 Å². The first-order valence-electron chi connectivity index (χ1n) is 3.86. The predicted octanol–water partition coefficient (Wildman–Crippen LogP) is -0.876. The van der Waals surface area contributed by atoms with E-state index in [2.05, 4.69) is 0 Å². The standard InChI is InChI=1S/C4H10O3.C3H8O2/c1-2-3-4(5,6)7;1-2-3(4)5/h5-7H,2-3H2,1H3;3-5H,2H2,1H3. The Bertz CT molecular complexity index is 86.3. The van der Waals surface area contributed by atoms with Crippen molar-refractivity contribution in [1.82, 2.24) is 0 Å². The van der Waals surface area contributed by atoms with Gasteiger partial charge in [-0.25, -0.2) is 0 Å². The Morgan fingerprint density at radius 1 is 1.08 bits per heavy atom. The van der Waals surface area contributed by atoms with E-state index in [1.54, 1.807) is 13.8 Å². The van der Waals surface area contributed by atoms with E-state index in [0.717, 1.165) is 0 Å². The van der Waals surface area contributed by atoms with Gasteiger partial charge in [0.05, 0.1) is 0 Å². The molecule has 0 radical (unpaired) electrons. The highest BCUT2D eigenvalue weighted by molar-refractivity contribution is 4.41. The largest absolute Gasteiger partial charge is 0.368 e. The van der Waals surface area contributed by atoms with Crippen LogP contribution in [0.15, 0.2) is 0 Å². The molecule has 0 aliphatic rings. The molecule has 0 heterocycles. The van der Waals surface area contributed by atoms with Gasteiger partial charge in [-0.1, -0.05) is 13.8 Å². The summed E-state index contributed by atoms with van der Waals surface area (Å²) in [6.07, 6.45) is -0.133. The Kier molecular flexibility index (Phi) is 8.90. The first kappa shape index (κ1) is 14.3. The van der Waals surface area contributed by atoms with E-state index in [-0.39, 0.29) is 6.42 Å². The second-order valence-electron chi connectivity index (χ2n) is 2.41. The van der Waals surface area contributed by atoms with Gasteiger partial charge in [0.1, 0.15) is 0 Å². The molecule has 0 fully saturated rings. The molecule has 76 valence electrons. The second kappa shape index (κ2) is 7.45. The molecular weight excluding hydrogens is 164 g/mol. The number of hydrogen-bond acceptors (Lipinski definition) is 5. The lowest BCUT2D eigenvalue weighted by molar-refractivity contribution is -0.314. The van der Waals surface area contributed by atoms with Crippen LogP contribution in [0.2, 0.25) is 0 Å². The summed E-state index contributed by atoms with van der Waals surface area (Å²) in [5.41, 5.74) is 0. The van der Waals surface area contributed by atoms with Crippen molar-refractivity contribution in [2.75, 3.05) is 0 Å². The van der Waals surface area contributed by atoms with Gasteiger partial charge in [-0.3, -0.25) is 0 Å². The van der Waals surface area contributed by atoms with Crippen LogP contribution in [0.5, 0.6) is 0 Å². The minimum Gasteiger partial charge on any atom is -0.368 e. The van der Waals surface area contributed by atoms with Crippen LogP contribution in [0.25, 0.3) is 0 Å². The van der Waals surface area contributed by atoms with Crippen LogP contribution in [-0.2, 0) is 0 Å². The van der Waals surface area contributed by atoms with Crippen molar-refractivity contribution in [3.05, 3.63) is 0 Å². The Morgan fingerprint density at radius 3 is 1.42 bits per heavy atom. The number of rotatable bonds is 3. The molecule has 0 aromatic heterocycles. The van der Waals surface area contributed by atoms with Crippen LogP contribution in [0, 0.1) is 0 Å². The number of aliphatic hydroxyl groups is 5. The van der Waals surface area contributed by atoms with Gasteiger partial charge in [0.15, 0.2) is 6.29 Å². The first-order valence-corrected chi connectivity index (χ1v) is 3.86. The molecular formula is C7H18O5. The maximum Gasteiger partial charge on any atom is 0.275 e. The Labute approximate surface area is 71.9 Å². The van der Waals surface area contributed by atoms with Crippen LogP contribution in [0.1, 0.15) is 33.1 Å². The monoisotopic (exact) mass is 182 g/mol. The van der Waals surface area contributed by atoms with Gasteiger partial charge < -0.3 is 25.5 Å². The van der Waals surface area contributed by atoms with E-state index in [9.17, 15) is 0 Å². The van der Waals surface area contributed by atoms with Crippen molar-refractivity contribution in [3.63, 3.8) is 0 Å². The highest BCUT2D eigenvalue weighted by Gasteiger charge is 2.14. The summed E-state index contributed by atoms with van der Waals surface area (Å²) in [5.74, 6) is -2.45. The maximum absolute atomic E-state index is 8.13. The molecule has 0 aliphatic heterocycles. The van der Waals surface area contributed by atoms with Gasteiger partial charge in [0.2, 0.25) is 0 Å². The van der Waals surface area contributed by atoms with E-state index in [4.69, 9.17) is 25.5 Å². The molecule has 0 rings (SSSR count). The van der Waals surface area contributed by atoms with Crippen molar-refractivity contribution in [1.29, 1.82) is 0 Å². The summed E-state index contributed by atoms with van der Waals surface area (Å²) >= 11 is 0. The van der Waals surface area contributed by atoms with Crippen molar-refractivity contribution < 1.29 is 25.5 Å². The van der Waals surface area contributed by atoms with Gasteiger partial charge in [0, 0.05) is 6.42 Å². The molecule has 0 atom stereocenters. The summed E-state index contributed by atoms with van der Waals surface area (Å²) in [6.45, 7) is 3.45.